The van der Waals surface area contributed by atoms with Crippen LogP contribution in [0.25, 0.3) is 0 Å². The van der Waals surface area contributed by atoms with Crippen LogP contribution in [0.1, 0.15) is 25.0 Å². The molecular weight excluding hydrogens is 231 g/mol. The number of aliphatic hydroxyl groups excluding tert-OH is 1. The van der Waals surface area contributed by atoms with Crippen molar-refractivity contribution in [3.63, 3.8) is 0 Å². The molecule has 1 N–H and O–H groups in total. The molecule has 0 saturated carbocycles. The van der Waals surface area contributed by atoms with Gasteiger partial charge >= 0.3 is 0 Å². The summed E-state index contributed by atoms with van der Waals surface area (Å²) in [6.07, 6.45) is -0.0271. The highest BCUT2D eigenvalue weighted by atomic mass is 32.2. The highest BCUT2D eigenvalue weighted by Gasteiger charge is 2.29. The van der Waals surface area contributed by atoms with Crippen LogP contribution in [-0.2, 0) is 9.84 Å². The minimum atomic E-state index is -3.40. The normalized spacial score (nSPS) is 15.8. The molecule has 0 spiro atoms. The Morgan fingerprint density at radius 1 is 1.38 bits per heavy atom. The van der Waals surface area contributed by atoms with Gasteiger partial charge in [0.2, 0.25) is 0 Å². The van der Waals surface area contributed by atoms with Crippen LogP contribution in [0, 0.1) is 5.82 Å². The predicted molar refractivity (Wildman–Crippen MR) is 60.3 cm³/mol. The number of rotatable bonds is 4. The maximum atomic E-state index is 13.4. The summed E-state index contributed by atoms with van der Waals surface area (Å²) in [7, 11) is -3.40. The highest BCUT2D eigenvalue weighted by molar-refractivity contribution is 7.91. The zero-order valence-corrected chi connectivity index (χ0v) is 10.0. The van der Waals surface area contributed by atoms with Crippen molar-refractivity contribution in [2.24, 2.45) is 0 Å². The fourth-order valence-electron chi connectivity index (χ4n) is 1.68. The predicted octanol–water partition coefficient (Wildman–Crippen LogP) is 1.68. The van der Waals surface area contributed by atoms with E-state index in [1.54, 1.807) is 13.0 Å². The fourth-order valence-corrected chi connectivity index (χ4v) is 2.90. The lowest BCUT2D eigenvalue weighted by molar-refractivity contribution is 0.164. The Hall–Kier alpha value is -0.940. The lowest BCUT2D eigenvalue weighted by Crippen LogP contribution is -2.27. The van der Waals surface area contributed by atoms with E-state index in [9.17, 15) is 17.9 Å². The summed E-state index contributed by atoms with van der Waals surface area (Å²) in [6.45, 7) is 1.65. The van der Waals surface area contributed by atoms with E-state index in [0.29, 0.717) is 0 Å². The van der Waals surface area contributed by atoms with Gasteiger partial charge in [0.05, 0.1) is 11.4 Å². The van der Waals surface area contributed by atoms with E-state index in [-0.39, 0.29) is 12.0 Å². The van der Waals surface area contributed by atoms with E-state index in [4.69, 9.17) is 0 Å². The van der Waals surface area contributed by atoms with Crippen LogP contribution in [0.4, 0.5) is 4.39 Å². The summed E-state index contributed by atoms with van der Waals surface area (Å²) in [5, 5.41) is 8.91. The van der Waals surface area contributed by atoms with Gasteiger partial charge in [-0.1, -0.05) is 25.1 Å². The minimum Gasteiger partial charge on any atom is -0.387 e. The molecule has 90 valence electrons. The summed E-state index contributed by atoms with van der Waals surface area (Å²) in [6, 6.07) is 5.66. The number of sulfone groups is 1. The molecule has 1 aromatic carbocycles. The number of halogens is 1. The van der Waals surface area contributed by atoms with Crippen molar-refractivity contribution in [3.8, 4) is 0 Å². The van der Waals surface area contributed by atoms with Crippen LogP contribution >= 0.6 is 0 Å². The van der Waals surface area contributed by atoms with Gasteiger partial charge in [0.1, 0.15) is 5.82 Å². The quantitative estimate of drug-likeness (QED) is 0.879. The SMILES string of the molecule is CC[C@@H]([C@H](O)c1ccccc1F)S(C)(=O)=O. The second kappa shape index (κ2) is 4.93. The Kier molecular flexibility index (Phi) is 4.04. The van der Waals surface area contributed by atoms with Gasteiger partial charge in [-0.15, -0.1) is 0 Å². The maximum Gasteiger partial charge on any atom is 0.153 e. The van der Waals surface area contributed by atoms with Gasteiger partial charge in [0.25, 0.3) is 0 Å². The molecule has 0 aliphatic carbocycles. The van der Waals surface area contributed by atoms with E-state index < -0.39 is 27.0 Å². The molecule has 0 aromatic heterocycles. The fraction of sp³-hybridized carbons (Fsp3) is 0.455. The first-order valence-electron chi connectivity index (χ1n) is 4.99. The Balaban J connectivity index is 3.10. The highest BCUT2D eigenvalue weighted by Crippen LogP contribution is 2.25. The van der Waals surface area contributed by atoms with Gasteiger partial charge in [-0.2, -0.15) is 0 Å². The van der Waals surface area contributed by atoms with Crippen molar-refractivity contribution in [2.45, 2.75) is 24.7 Å². The van der Waals surface area contributed by atoms with Gasteiger partial charge in [0, 0.05) is 11.8 Å². The van der Waals surface area contributed by atoms with Crippen molar-refractivity contribution < 1.29 is 17.9 Å². The molecule has 1 aromatic rings. The van der Waals surface area contributed by atoms with Gasteiger partial charge in [-0.05, 0) is 12.5 Å². The topological polar surface area (TPSA) is 54.4 Å². The maximum absolute atomic E-state index is 13.4. The van der Waals surface area contributed by atoms with Gasteiger partial charge < -0.3 is 5.11 Å². The molecule has 16 heavy (non-hydrogen) atoms. The lowest BCUT2D eigenvalue weighted by Gasteiger charge is -2.20. The van der Waals surface area contributed by atoms with Crippen LogP contribution in [-0.4, -0.2) is 25.0 Å². The van der Waals surface area contributed by atoms with E-state index in [2.05, 4.69) is 0 Å². The lowest BCUT2D eigenvalue weighted by atomic mass is 10.0. The second-order valence-corrected chi connectivity index (χ2v) is 6.01. The molecule has 0 unspecified atom stereocenters. The van der Waals surface area contributed by atoms with E-state index in [0.717, 1.165) is 6.26 Å². The molecule has 0 saturated heterocycles. The van der Waals surface area contributed by atoms with Crippen LogP contribution in [0.2, 0.25) is 0 Å². The number of benzene rings is 1. The number of aliphatic hydroxyl groups is 1. The van der Waals surface area contributed by atoms with E-state index >= 15 is 0 Å². The molecule has 0 fully saturated rings. The Bertz CT molecular complexity index is 456. The summed E-state index contributed by atoms with van der Waals surface area (Å²) in [4.78, 5) is 0. The first-order valence-corrected chi connectivity index (χ1v) is 6.94. The Morgan fingerprint density at radius 2 is 1.94 bits per heavy atom. The molecule has 1 rings (SSSR count). The molecular formula is C11H15FO3S. The molecule has 0 radical (unpaired) electrons. The average Bonchev–Trinajstić information content (AvgIpc) is 2.17. The second-order valence-electron chi connectivity index (χ2n) is 3.74. The van der Waals surface area contributed by atoms with Crippen molar-refractivity contribution >= 4 is 9.84 Å². The molecule has 0 heterocycles. The van der Waals surface area contributed by atoms with Crippen LogP contribution in [0.5, 0.6) is 0 Å². The monoisotopic (exact) mass is 246 g/mol. The minimum absolute atomic E-state index is 0.0276. The summed E-state index contributed by atoms with van der Waals surface area (Å²) >= 11 is 0. The Labute approximate surface area is 94.8 Å². The molecule has 0 aliphatic heterocycles. The van der Waals surface area contributed by atoms with E-state index in [1.807, 2.05) is 0 Å². The standard InChI is InChI=1S/C11H15FO3S/c1-3-10(16(2,14)15)11(13)8-6-4-5-7-9(8)12/h4-7,10-11,13H,3H2,1-2H3/t10-,11+/m0/s1. The number of hydrogen-bond donors (Lipinski definition) is 1. The third-order valence-electron chi connectivity index (χ3n) is 2.53. The van der Waals surface area contributed by atoms with Crippen LogP contribution in [0.3, 0.4) is 0 Å². The summed E-state index contributed by atoms with van der Waals surface area (Å²) < 4.78 is 36.2. The Morgan fingerprint density at radius 3 is 2.38 bits per heavy atom. The largest absolute Gasteiger partial charge is 0.387 e. The van der Waals surface area contributed by atoms with Crippen LogP contribution < -0.4 is 0 Å². The van der Waals surface area contributed by atoms with Gasteiger partial charge in [-0.25, -0.2) is 12.8 Å². The first-order chi connectivity index (χ1) is 7.38. The third kappa shape index (κ3) is 2.80. The zero-order chi connectivity index (χ0) is 12.3. The van der Waals surface area contributed by atoms with Gasteiger partial charge in [-0.3, -0.25) is 0 Å². The van der Waals surface area contributed by atoms with E-state index in [1.165, 1.54) is 18.2 Å². The van der Waals surface area contributed by atoms with Crippen molar-refractivity contribution in [3.05, 3.63) is 35.6 Å². The smallest absolute Gasteiger partial charge is 0.153 e. The average molecular weight is 246 g/mol. The molecule has 5 heteroatoms. The van der Waals surface area contributed by atoms with Crippen molar-refractivity contribution in [1.29, 1.82) is 0 Å². The summed E-state index contributed by atoms with van der Waals surface area (Å²) in [5.41, 5.74) is 0.0276. The van der Waals surface area contributed by atoms with Crippen molar-refractivity contribution in [1.82, 2.24) is 0 Å². The molecule has 0 amide bonds. The summed E-state index contributed by atoms with van der Waals surface area (Å²) in [5.74, 6) is -0.586. The zero-order valence-electron chi connectivity index (χ0n) is 9.22. The molecule has 0 aliphatic rings. The molecule has 2 atom stereocenters. The molecule has 0 bridgehead atoms. The van der Waals surface area contributed by atoms with Crippen molar-refractivity contribution in [2.75, 3.05) is 6.26 Å². The van der Waals surface area contributed by atoms with Gasteiger partial charge in [0.15, 0.2) is 9.84 Å². The first kappa shape index (κ1) is 13.1. The third-order valence-corrected chi connectivity index (χ3v) is 4.22. The number of hydrogen-bond acceptors (Lipinski definition) is 3. The molecule has 3 nitrogen and oxygen atoms in total. The van der Waals surface area contributed by atoms with Crippen LogP contribution in [0.15, 0.2) is 24.3 Å².